The Balaban J connectivity index is 1.80. The molecule has 2 heterocycles. The highest BCUT2D eigenvalue weighted by Crippen LogP contribution is 2.25. The van der Waals surface area contributed by atoms with E-state index in [1.807, 2.05) is 6.07 Å². The Morgan fingerprint density at radius 2 is 2.04 bits per heavy atom. The minimum Gasteiger partial charge on any atom is -0.466 e. The summed E-state index contributed by atoms with van der Waals surface area (Å²) in [5, 5.41) is 0. The van der Waals surface area contributed by atoms with E-state index in [0.717, 1.165) is 24.1 Å². The van der Waals surface area contributed by atoms with Crippen LogP contribution >= 0.6 is 0 Å². The van der Waals surface area contributed by atoms with Gasteiger partial charge in [-0.05, 0) is 46.0 Å². The monoisotopic (exact) mass is 330 g/mol. The Morgan fingerprint density at radius 3 is 2.71 bits per heavy atom. The van der Waals surface area contributed by atoms with Gasteiger partial charge in [-0.2, -0.15) is 0 Å². The number of carbonyl (C=O) groups is 1. The molecule has 6 nitrogen and oxygen atoms in total. The van der Waals surface area contributed by atoms with Crippen LogP contribution < -0.4 is 4.90 Å². The molecule has 6 heteroatoms. The lowest BCUT2D eigenvalue weighted by Crippen LogP contribution is -2.55. The van der Waals surface area contributed by atoms with Crippen LogP contribution in [0.2, 0.25) is 0 Å². The molecule has 0 radical (unpaired) electrons. The second kappa shape index (κ2) is 6.81. The summed E-state index contributed by atoms with van der Waals surface area (Å²) in [4.78, 5) is 24.2. The number of nitrogens with zero attached hydrogens (tertiary/aromatic N) is 3. The molecule has 1 N–H and O–H groups in total. The number of piperazine rings is 1. The molecule has 0 saturated carbocycles. The maximum absolute atomic E-state index is 11.6. The fourth-order valence-electron chi connectivity index (χ4n) is 3.29. The number of ether oxygens (including phenoxy) is 1. The summed E-state index contributed by atoms with van der Waals surface area (Å²) in [6.45, 7) is 8.74. The number of H-pyrrole nitrogens is 1. The summed E-state index contributed by atoms with van der Waals surface area (Å²) in [6, 6.07) is 7.30. The number of aromatic amines is 1. The quantitative estimate of drug-likeness (QED) is 0.871. The number of benzene rings is 1. The number of hydrogen-bond donors (Lipinski definition) is 1. The molecule has 0 amide bonds. The molecule has 1 aliphatic rings. The van der Waals surface area contributed by atoms with Crippen molar-refractivity contribution in [3.05, 3.63) is 24.0 Å². The molecule has 3 rings (SSSR count). The number of nitrogens with one attached hydrogen (secondary N) is 1. The maximum Gasteiger partial charge on any atom is 0.313 e. The van der Waals surface area contributed by atoms with E-state index in [1.54, 1.807) is 6.92 Å². The third kappa shape index (κ3) is 3.38. The van der Waals surface area contributed by atoms with Gasteiger partial charge in [-0.15, -0.1) is 0 Å². The van der Waals surface area contributed by atoms with Crippen LogP contribution in [0.3, 0.4) is 0 Å². The summed E-state index contributed by atoms with van der Waals surface area (Å²) >= 11 is 0. The average Bonchev–Trinajstić information content (AvgIpc) is 2.93. The van der Waals surface area contributed by atoms with Crippen molar-refractivity contribution in [2.45, 2.75) is 39.3 Å². The number of imidazole rings is 1. The van der Waals surface area contributed by atoms with E-state index in [0.29, 0.717) is 24.5 Å². The van der Waals surface area contributed by atoms with Crippen LogP contribution in [0.4, 0.5) is 5.69 Å². The predicted octanol–water partition coefficient (Wildman–Crippen LogP) is 2.20. The van der Waals surface area contributed by atoms with Crippen LogP contribution in [0.1, 0.15) is 26.6 Å². The van der Waals surface area contributed by atoms with Crippen molar-refractivity contribution in [2.75, 3.05) is 31.6 Å². The molecule has 0 aliphatic carbocycles. The summed E-state index contributed by atoms with van der Waals surface area (Å²) in [7, 11) is 2.19. The molecular weight excluding hydrogens is 304 g/mol. The second-order valence-corrected chi connectivity index (χ2v) is 6.64. The number of hydrogen-bond acceptors (Lipinski definition) is 5. The van der Waals surface area contributed by atoms with E-state index in [-0.39, 0.29) is 12.4 Å². The van der Waals surface area contributed by atoms with Crippen LogP contribution in [-0.4, -0.2) is 59.7 Å². The first-order chi connectivity index (χ1) is 11.5. The summed E-state index contributed by atoms with van der Waals surface area (Å²) in [6.07, 6.45) is 0.181. The molecule has 2 atom stereocenters. The molecule has 0 bridgehead atoms. The minimum atomic E-state index is -0.251. The highest BCUT2D eigenvalue weighted by Gasteiger charge is 2.26. The largest absolute Gasteiger partial charge is 0.466 e. The number of carbonyl (C=O) groups excluding carboxylic acids is 1. The van der Waals surface area contributed by atoms with E-state index >= 15 is 0 Å². The number of fused-ring (bicyclic) bond motifs is 1. The summed E-state index contributed by atoms with van der Waals surface area (Å²) in [5.74, 6) is 0.402. The Morgan fingerprint density at radius 1 is 1.33 bits per heavy atom. The van der Waals surface area contributed by atoms with Gasteiger partial charge in [0, 0.05) is 30.9 Å². The highest BCUT2D eigenvalue weighted by atomic mass is 16.5. The third-order valence-corrected chi connectivity index (χ3v) is 4.86. The highest BCUT2D eigenvalue weighted by molar-refractivity contribution is 5.81. The van der Waals surface area contributed by atoms with Crippen molar-refractivity contribution < 1.29 is 9.53 Å². The second-order valence-electron chi connectivity index (χ2n) is 6.64. The van der Waals surface area contributed by atoms with Gasteiger partial charge in [-0.25, -0.2) is 4.98 Å². The van der Waals surface area contributed by atoms with E-state index in [9.17, 15) is 4.79 Å². The molecule has 1 fully saturated rings. The molecule has 24 heavy (non-hydrogen) atoms. The summed E-state index contributed by atoms with van der Waals surface area (Å²) < 4.78 is 4.98. The maximum atomic E-state index is 11.6. The van der Waals surface area contributed by atoms with Gasteiger partial charge >= 0.3 is 5.97 Å². The Bertz CT molecular complexity index is 715. The van der Waals surface area contributed by atoms with Crippen LogP contribution in [0, 0.1) is 0 Å². The SMILES string of the molecule is CCOC(=O)Cc1nc2ccc(N3CC(C)N(C)C(C)C3)cc2[nH]1. The molecule has 2 aromatic rings. The number of aromatic nitrogens is 2. The van der Waals surface area contributed by atoms with Gasteiger partial charge in [0.25, 0.3) is 0 Å². The van der Waals surface area contributed by atoms with Crippen molar-refractivity contribution in [1.82, 2.24) is 14.9 Å². The first-order valence-corrected chi connectivity index (χ1v) is 8.59. The van der Waals surface area contributed by atoms with Crippen molar-refractivity contribution in [3.8, 4) is 0 Å². The van der Waals surface area contributed by atoms with Gasteiger partial charge in [0.15, 0.2) is 0 Å². The van der Waals surface area contributed by atoms with Gasteiger partial charge < -0.3 is 14.6 Å². The van der Waals surface area contributed by atoms with Crippen molar-refractivity contribution in [3.63, 3.8) is 0 Å². The molecule has 1 saturated heterocycles. The van der Waals surface area contributed by atoms with Crippen molar-refractivity contribution in [1.29, 1.82) is 0 Å². The zero-order valence-corrected chi connectivity index (χ0v) is 14.9. The topological polar surface area (TPSA) is 61.5 Å². The fourth-order valence-corrected chi connectivity index (χ4v) is 3.29. The van der Waals surface area contributed by atoms with Crippen LogP contribution in [0.5, 0.6) is 0 Å². The molecule has 130 valence electrons. The summed E-state index contributed by atoms with van der Waals surface area (Å²) in [5.41, 5.74) is 3.04. The Labute approximate surface area is 142 Å². The first kappa shape index (κ1) is 16.8. The smallest absolute Gasteiger partial charge is 0.313 e. The number of likely N-dealkylation sites (N-methyl/N-ethyl adjacent to an activating group) is 1. The van der Waals surface area contributed by atoms with Crippen LogP contribution in [-0.2, 0) is 16.0 Å². The van der Waals surface area contributed by atoms with E-state index in [2.05, 4.69) is 52.8 Å². The van der Waals surface area contributed by atoms with E-state index in [1.165, 1.54) is 5.69 Å². The Hall–Kier alpha value is -2.08. The van der Waals surface area contributed by atoms with Gasteiger partial charge in [-0.3, -0.25) is 9.69 Å². The molecule has 1 aromatic carbocycles. The average molecular weight is 330 g/mol. The third-order valence-electron chi connectivity index (χ3n) is 4.86. The van der Waals surface area contributed by atoms with E-state index < -0.39 is 0 Å². The predicted molar refractivity (Wildman–Crippen MR) is 95.3 cm³/mol. The molecule has 0 spiro atoms. The zero-order valence-electron chi connectivity index (χ0n) is 14.9. The lowest BCUT2D eigenvalue weighted by molar-refractivity contribution is -0.142. The first-order valence-electron chi connectivity index (χ1n) is 8.59. The molecular formula is C18H26N4O2. The van der Waals surface area contributed by atoms with Gasteiger partial charge in [0.1, 0.15) is 12.2 Å². The standard InChI is InChI=1S/C18H26N4O2/c1-5-24-18(23)9-17-19-15-7-6-14(8-16(15)20-17)22-10-12(2)21(4)13(3)11-22/h6-8,12-13H,5,9-11H2,1-4H3,(H,19,20). The van der Waals surface area contributed by atoms with E-state index in [4.69, 9.17) is 4.74 Å². The normalized spacial score (nSPS) is 22.1. The number of rotatable bonds is 4. The number of anilines is 1. The minimum absolute atomic E-state index is 0.181. The molecule has 1 aliphatic heterocycles. The zero-order chi connectivity index (χ0) is 17.3. The lowest BCUT2D eigenvalue weighted by Gasteiger charge is -2.43. The van der Waals surface area contributed by atoms with Crippen LogP contribution in [0.25, 0.3) is 11.0 Å². The lowest BCUT2D eigenvalue weighted by atomic mass is 10.1. The Kier molecular flexibility index (Phi) is 4.76. The van der Waals surface area contributed by atoms with Crippen molar-refractivity contribution in [2.24, 2.45) is 0 Å². The van der Waals surface area contributed by atoms with Crippen LogP contribution in [0.15, 0.2) is 18.2 Å². The van der Waals surface area contributed by atoms with Gasteiger partial charge in [0.2, 0.25) is 0 Å². The molecule has 1 aromatic heterocycles. The molecule has 2 unspecified atom stereocenters. The van der Waals surface area contributed by atoms with Crippen molar-refractivity contribution >= 4 is 22.7 Å². The van der Waals surface area contributed by atoms with Gasteiger partial charge in [0.05, 0.1) is 17.6 Å². The fraction of sp³-hybridized carbons (Fsp3) is 0.556. The van der Waals surface area contributed by atoms with Gasteiger partial charge in [-0.1, -0.05) is 0 Å². The number of esters is 1.